The largest absolute Gasteiger partial charge is 0.417 e. The first-order chi connectivity index (χ1) is 13.7. The quantitative estimate of drug-likeness (QED) is 0.393. The van der Waals surface area contributed by atoms with Crippen LogP contribution in [0, 0.1) is 18.3 Å². The molecule has 0 spiro atoms. The predicted molar refractivity (Wildman–Crippen MR) is 100 cm³/mol. The number of unbranched alkanes of at least 4 members (excludes halogenated alkanes) is 1. The highest BCUT2D eigenvalue weighted by atomic mass is 32.2. The Kier molecular flexibility index (Phi) is 5.94. The molecule has 3 rings (SSSR count). The molecular formula is C20H16F3N3O2S. The van der Waals surface area contributed by atoms with Gasteiger partial charge < -0.3 is 0 Å². The van der Waals surface area contributed by atoms with Gasteiger partial charge in [-0.25, -0.2) is 4.98 Å². The molecule has 2 heterocycles. The van der Waals surface area contributed by atoms with Crippen molar-refractivity contribution in [3.63, 3.8) is 0 Å². The summed E-state index contributed by atoms with van der Waals surface area (Å²) < 4.78 is 39.4. The zero-order chi connectivity index (χ0) is 21.2. The van der Waals surface area contributed by atoms with Crippen LogP contribution in [-0.4, -0.2) is 34.0 Å². The smallest absolute Gasteiger partial charge is 0.274 e. The van der Waals surface area contributed by atoms with Gasteiger partial charge in [0.1, 0.15) is 11.1 Å². The van der Waals surface area contributed by atoms with Gasteiger partial charge in [-0.3, -0.25) is 14.5 Å². The number of amides is 2. The molecule has 0 fully saturated rings. The summed E-state index contributed by atoms with van der Waals surface area (Å²) in [6, 6.07) is 9.08. The number of aromatic nitrogens is 1. The number of carbonyl (C=O) groups is 2. The maximum Gasteiger partial charge on any atom is 0.417 e. The standard InChI is InChI=1S/C20H16F3N3O2S/c1-12-10-16(20(21,22)23)15(11-24)17(25-12)29-9-5-4-8-26-18(27)13-6-2-3-7-14(13)19(26)28/h2-3,6-7,10H,4-5,8-9H2,1H3. The van der Waals surface area contributed by atoms with E-state index in [1.165, 1.54) is 11.8 Å². The molecule has 0 unspecified atom stereocenters. The normalized spacial score (nSPS) is 13.6. The van der Waals surface area contributed by atoms with Crippen molar-refractivity contribution < 1.29 is 22.8 Å². The molecule has 0 saturated carbocycles. The first kappa shape index (κ1) is 20.9. The lowest BCUT2D eigenvalue weighted by Crippen LogP contribution is -2.30. The van der Waals surface area contributed by atoms with Crippen LogP contribution in [0.4, 0.5) is 13.2 Å². The highest BCUT2D eigenvalue weighted by molar-refractivity contribution is 7.99. The average Bonchev–Trinajstić information content (AvgIpc) is 2.91. The van der Waals surface area contributed by atoms with Crippen molar-refractivity contribution in [1.82, 2.24) is 9.88 Å². The van der Waals surface area contributed by atoms with Crippen LogP contribution >= 0.6 is 11.8 Å². The Hall–Kier alpha value is -2.86. The zero-order valence-electron chi connectivity index (χ0n) is 15.4. The average molecular weight is 419 g/mol. The first-order valence-corrected chi connectivity index (χ1v) is 9.79. The summed E-state index contributed by atoms with van der Waals surface area (Å²) >= 11 is 1.07. The number of benzene rings is 1. The molecule has 2 aromatic rings. The third-order valence-electron chi connectivity index (χ3n) is 4.42. The maximum absolute atomic E-state index is 13.1. The van der Waals surface area contributed by atoms with E-state index in [1.54, 1.807) is 30.3 Å². The number of carbonyl (C=O) groups excluding carboxylic acids is 2. The molecule has 1 aliphatic rings. The number of hydrogen-bond donors (Lipinski definition) is 0. The summed E-state index contributed by atoms with van der Waals surface area (Å²) in [5.74, 6) is -0.258. The number of aryl methyl sites for hydroxylation is 1. The van der Waals surface area contributed by atoms with E-state index in [2.05, 4.69) is 4.98 Å². The number of hydrogen-bond acceptors (Lipinski definition) is 5. The fourth-order valence-electron chi connectivity index (χ4n) is 3.06. The van der Waals surface area contributed by atoms with Gasteiger partial charge in [0, 0.05) is 12.2 Å². The SMILES string of the molecule is Cc1cc(C(F)(F)F)c(C#N)c(SCCCCN2C(=O)c3ccccc3C2=O)n1. The van der Waals surface area contributed by atoms with Gasteiger partial charge in [0.25, 0.3) is 11.8 Å². The number of thioether (sulfide) groups is 1. The van der Waals surface area contributed by atoms with Gasteiger partial charge in [-0.2, -0.15) is 18.4 Å². The van der Waals surface area contributed by atoms with Crippen LogP contribution in [0.25, 0.3) is 0 Å². The lowest BCUT2D eigenvalue weighted by Gasteiger charge is -2.14. The van der Waals surface area contributed by atoms with Gasteiger partial charge in [0.05, 0.1) is 22.3 Å². The minimum Gasteiger partial charge on any atom is -0.274 e. The van der Waals surface area contributed by atoms with Gasteiger partial charge in [-0.1, -0.05) is 12.1 Å². The summed E-state index contributed by atoms with van der Waals surface area (Å²) in [6.45, 7) is 1.68. The molecule has 0 radical (unpaired) electrons. The van der Waals surface area contributed by atoms with Gasteiger partial charge in [0.2, 0.25) is 0 Å². The Morgan fingerprint density at radius 3 is 2.31 bits per heavy atom. The van der Waals surface area contributed by atoms with Crippen LogP contribution in [0.5, 0.6) is 0 Å². The Bertz CT molecular complexity index is 980. The zero-order valence-corrected chi connectivity index (χ0v) is 16.2. The van der Waals surface area contributed by atoms with E-state index in [4.69, 9.17) is 5.26 Å². The summed E-state index contributed by atoms with van der Waals surface area (Å²) in [5.41, 5.74) is -0.511. The number of imide groups is 1. The predicted octanol–water partition coefficient (Wildman–Crippen LogP) is 4.45. The van der Waals surface area contributed by atoms with Gasteiger partial charge >= 0.3 is 6.18 Å². The van der Waals surface area contributed by atoms with Crippen molar-refractivity contribution in [2.45, 2.75) is 31.0 Å². The molecule has 0 saturated heterocycles. The molecule has 0 atom stereocenters. The van der Waals surface area contributed by atoms with Crippen molar-refractivity contribution in [3.05, 3.63) is 58.3 Å². The molecule has 9 heteroatoms. The van der Waals surface area contributed by atoms with Crippen molar-refractivity contribution in [2.75, 3.05) is 12.3 Å². The van der Waals surface area contributed by atoms with Crippen molar-refractivity contribution in [1.29, 1.82) is 5.26 Å². The highest BCUT2D eigenvalue weighted by Crippen LogP contribution is 2.36. The van der Waals surface area contributed by atoms with Gasteiger partial charge in [-0.05, 0) is 43.7 Å². The summed E-state index contributed by atoms with van der Waals surface area (Å²) in [7, 11) is 0. The van der Waals surface area contributed by atoms with E-state index >= 15 is 0 Å². The number of nitriles is 1. The molecule has 0 aliphatic carbocycles. The first-order valence-electron chi connectivity index (χ1n) is 8.81. The molecule has 2 amide bonds. The van der Waals surface area contributed by atoms with Crippen LogP contribution in [0.3, 0.4) is 0 Å². The Morgan fingerprint density at radius 1 is 1.14 bits per heavy atom. The topological polar surface area (TPSA) is 74.1 Å². The number of nitrogens with zero attached hydrogens (tertiary/aromatic N) is 3. The second kappa shape index (κ2) is 8.25. The maximum atomic E-state index is 13.1. The van der Waals surface area contributed by atoms with E-state index in [0.29, 0.717) is 29.7 Å². The molecule has 1 aromatic carbocycles. The van der Waals surface area contributed by atoms with E-state index in [9.17, 15) is 22.8 Å². The monoisotopic (exact) mass is 419 g/mol. The second-order valence-corrected chi connectivity index (χ2v) is 7.55. The van der Waals surface area contributed by atoms with Gasteiger partial charge in [-0.15, -0.1) is 11.8 Å². The fraction of sp³-hybridized carbons (Fsp3) is 0.300. The fourth-order valence-corrected chi connectivity index (χ4v) is 4.11. The lowest BCUT2D eigenvalue weighted by atomic mass is 10.1. The Morgan fingerprint density at radius 2 is 1.76 bits per heavy atom. The summed E-state index contributed by atoms with van der Waals surface area (Å²) in [6.07, 6.45) is -3.59. The molecule has 29 heavy (non-hydrogen) atoms. The van der Waals surface area contributed by atoms with Crippen molar-refractivity contribution in [3.8, 4) is 6.07 Å². The number of halogens is 3. The van der Waals surface area contributed by atoms with E-state index in [1.807, 2.05) is 0 Å². The molecule has 0 N–H and O–H groups in total. The number of alkyl halides is 3. The number of rotatable bonds is 6. The minimum absolute atomic E-state index is 0.0422. The third-order valence-corrected chi connectivity index (χ3v) is 5.49. The molecule has 150 valence electrons. The van der Waals surface area contributed by atoms with Crippen LogP contribution in [0.1, 0.15) is 50.4 Å². The van der Waals surface area contributed by atoms with Gasteiger partial charge in [0.15, 0.2) is 0 Å². The Labute approximate surface area is 169 Å². The second-order valence-electron chi connectivity index (χ2n) is 6.46. The van der Waals surface area contributed by atoms with Crippen LogP contribution < -0.4 is 0 Å². The Balaban J connectivity index is 1.58. The summed E-state index contributed by atoms with van der Waals surface area (Å²) in [5, 5.41) is 9.20. The minimum atomic E-state index is -4.63. The van der Waals surface area contributed by atoms with Crippen molar-refractivity contribution in [2.24, 2.45) is 0 Å². The lowest BCUT2D eigenvalue weighted by molar-refractivity contribution is -0.138. The molecular weight excluding hydrogens is 403 g/mol. The van der Waals surface area contributed by atoms with Crippen molar-refractivity contribution >= 4 is 23.6 Å². The van der Waals surface area contributed by atoms with E-state index in [0.717, 1.165) is 17.8 Å². The van der Waals surface area contributed by atoms with E-state index in [-0.39, 0.29) is 29.1 Å². The van der Waals surface area contributed by atoms with Crippen LogP contribution in [-0.2, 0) is 6.18 Å². The molecule has 5 nitrogen and oxygen atoms in total. The third kappa shape index (κ3) is 4.27. The number of fused-ring (bicyclic) bond motifs is 1. The molecule has 0 bridgehead atoms. The van der Waals surface area contributed by atoms with Crippen LogP contribution in [0.15, 0.2) is 35.4 Å². The van der Waals surface area contributed by atoms with E-state index < -0.39 is 17.3 Å². The summed E-state index contributed by atoms with van der Waals surface area (Å²) in [4.78, 5) is 29.8. The molecule has 1 aromatic heterocycles. The highest BCUT2D eigenvalue weighted by Gasteiger charge is 2.36. The number of pyridine rings is 1. The molecule has 1 aliphatic heterocycles. The van der Waals surface area contributed by atoms with Crippen LogP contribution in [0.2, 0.25) is 0 Å².